The molecule has 34 heavy (non-hydrogen) atoms. The highest BCUT2D eigenvalue weighted by molar-refractivity contribution is 6.24. The Morgan fingerprint density at radius 3 is 2.68 bits per heavy atom. The largest absolute Gasteiger partial charge is 0.411 e. The maximum absolute atomic E-state index is 13.2. The fourth-order valence-corrected chi connectivity index (χ4v) is 7.50. The molecule has 0 saturated heterocycles. The van der Waals surface area contributed by atoms with Gasteiger partial charge in [0.15, 0.2) is 5.78 Å². The highest BCUT2D eigenvalue weighted by atomic mass is 16.5. The number of carbonyl (C=O) groups excluding carboxylic acids is 1. The zero-order chi connectivity index (χ0) is 24.1. The minimum atomic E-state index is -0.759. The smallest absolute Gasteiger partial charge is 0.164 e. The fourth-order valence-electron chi connectivity index (χ4n) is 7.50. The van der Waals surface area contributed by atoms with E-state index in [9.17, 15) is 9.90 Å². The van der Waals surface area contributed by atoms with Crippen LogP contribution < -0.4 is 0 Å². The number of aliphatic hydroxyl groups is 1. The lowest BCUT2D eigenvalue weighted by atomic mass is 9.54. The van der Waals surface area contributed by atoms with E-state index in [0.29, 0.717) is 24.9 Å². The van der Waals surface area contributed by atoms with Crippen LogP contribution in [0.15, 0.2) is 46.1 Å². The predicted molar refractivity (Wildman–Crippen MR) is 133 cm³/mol. The molecule has 0 spiro atoms. The molecule has 0 bridgehead atoms. The van der Waals surface area contributed by atoms with Gasteiger partial charge in [-0.3, -0.25) is 4.79 Å². The molecule has 0 aliphatic heterocycles. The number of hydrogen-bond acceptors (Lipinski definition) is 5. The Balaban J connectivity index is 1.54. The standard InChI is InChI=1S/C29H37NO4/c1-18(2)34-17-29(32)15-13-25-23-8-9-24-21(22(23)12-14-28(25,29)3)10-11-26(31)27(24)20-7-5-4-6-19(20)16-30-33/h4-7,16,18,23,25,32-33H,8-15,17H2,1-3H3/b30-16-/t23-,25+,28+,29-/m1/s1. The van der Waals surface area contributed by atoms with Gasteiger partial charge in [0.05, 0.1) is 24.5 Å². The Kier molecular flexibility index (Phi) is 6.06. The Labute approximate surface area is 202 Å². The summed E-state index contributed by atoms with van der Waals surface area (Å²) in [6.07, 6.45) is 8.62. The SMILES string of the molecule is CC(C)OC[C@]1(O)CC[C@H]2[C@@H]3CCC4=C(c5ccccc5/C=N\O)C(=O)CCC4=C3CC[C@@]21C. The normalized spacial score (nSPS) is 33.5. The number of ether oxygens (including phenoxy) is 1. The molecule has 1 aromatic carbocycles. The van der Waals surface area contributed by atoms with Gasteiger partial charge in [-0.15, -0.1) is 0 Å². The van der Waals surface area contributed by atoms with Crippen molar-refractivity contribution < 1.29 is 19.8 Å². The summed E-state index contributed by atoms with van der Waals surface area (Å²) >= 11 is 0. The molecule has 0 aromatic heterocycles. The Morgan fingerprint density at radius 1 is 1.12 bits per heavy atom. The Bertz CT molecular complexity index is 1080. The molecule has 182 valence electrons. The van der Waals surface area contributed by atoms with Gasteiger partial charge in [-0.1, -0.05) is 41.9 Å². The first-order chi connectivity index (χ1) is 16.3. The van der Waals surface area contributed by atoms with Gasteiger partial charge in [0.25, 0.3) is 0 Å². The summed E-state index contributed by atoms with van der Waals surface area (Å²) in [5.41, 5.74) is 5.73. The van der Waals surface area contributed by atoms with E-state index in [4.69, 9.17) is 9.94 Å². The molecule has 0 radical (unpaired) electrons. The van der Waals surface area contributed by atoms with Gasteiger partial charge in [0.2, 0.25) is 0 Å². The van der Waals surface area contributed by atoms with Crippen LogP contribution >= 0.6 is 0 Å². The maximum Gasteiger partial charge on any atom is 0.164 e. The van der Waals surface area contributed by atoms with Crippen LogP contribution in [-0.2, 0) is 9.53 Å². The number of fused-ring (bicyclic) bond motifs is 4. The van der Waals surface area contributed by atoms with Crippen molar-refractivity contribution in [1.29, 1.82) is 0 Å². The monoisotopic (exact) mass is 463 g/mol. The van der Waals surface area contributed by atoms with Crippen molar-refractivity contribution in [3.8, 4) is 0 Å². The van der Waals surface area contributed by atoms with E-state index in [0.717, 1.165) is 61.6 Å². The third-order valence-electron chi connectivity index (χ3n) is 9.32. The number of carbonyl (C=O) groups is 1. The van der Waals surface area contributed by atoms with Crippen molar-refractivity contribution in [2.24, 2.45) is 22.4 Å². The average Bonchev–Trinajstić information content (AvgIpc) is 3.09. The van der Waals surface area contributed by atoms with Gasteiger partial charge < -0.3 is 15.1 Å². The topological polar surface area (TPSA) is 79.1 Å². The second-order valence-corrected chi connectivity index (χ2v) is 11.2. The van der Waals surface area contributed by atoms with Gasteiger partial charge in [-0.25, -0.2) is 0 Å². The molecule has 0 amide bonds. The molecule has 0 unspecified atom stereocenters. The second-order valence-electron chi connectivity index (χ2n) is 11.2. The molecule has 5 rings (SSSR count). The second kappa shape index (κ2) is 8.76. The lowest BCUT2D eigenvalue weighted by Crippen LogP contribution is -2.52. The number of oxime groups is 1. The number of Topliss-reactive ketones (excluding diaryl/α,β-unsaturated/α-hetero) is 1. The van der Waals surface area contributed by atoms with Crippen molar-refractivity contribution >= 4 is 17.6 Å². The lowest BCUT2D eigenvalue weighted by molar-refractivity contribution is -0.141. The summed E-state index contributed by atoms with van der Waals surface area (Å²) in [7, 11) is 0. The Morgan fingerprint density at radius 2 is 1.91 bits per heavy atom. The first-order valence-electron chi connectivity index (χ1n) is 12.9. The predicted octanol–water partition coefficient (Wildman–Crippen LogP) is 5.68. The molecule has 1 aromatic rings. The summed E-state index contributed by atoms with van der Waals surface area (Å²) in [5.74, 6) is 1.13. The van der Waals surface area contributed by atoms with Gasteiger partial charge in [0, 0.05) is 23.0 Å². The molecular formula is C29H37NO4. The van der Waals surface area contributed by atoms with Crippen LogP contribution in [0, 0.1) is 17.3 Å². The van der Waals surface area contributed by atoms with Gasteiger partial charge in [0.1, 0.15) is 0 Å². The molecule has 4 atom stereocenters. The summed E-state index contributed by atoms with van der Waals surface area (Å²) in [4.78, 5) is 13.2. The van der Waals surface area contributed by atoms with Crippen LogP contribution in [0.5, 0.6) is 0 Å². The number of ketones is 1. The van der Waals surface area contributed by atoms with E-state index < -0.39 is 5.60 Å². The maximum atomic E-state index is 13.2. The lowest BCUT2D eigenvalue weighted by Gasteiger charge is -2.52. The van der Waals surface area contributed by atoms with E-state index in [1.165, 1.54) is 22.9 Å². The molecule has 5 heteroatoms. The molecule has 4 aliphatic carbocycles. The number of allylic oxidation sites excluding steroid dienone is 4. The van der Waals surface area contributed by atoms with E-state index in [-0.39, 0.29) is 17.3 Å². The van der Waals surface area contributed by atoms with Gasteiger partial charge in [-0.2, -0.15) is 0 Å². The summed E-state index contributed by atoms with van der Waals surface area (Å²) in [5, 5.41) is 24.1. The van der Waals surface area contributed by atoms with Crippen LogP contribution in [0.4, 0.5) is 0 Å². The highest BCUT2D eigenvalue weighted by Gasteiger charge is 2.61. The van der Waals surface area contributed by atoms with Crippen molar-refractivity contribution in [1.82, 2.24) is 0 Å². The first-order valence-corrected chi connectivity index (χ1v) is 12.9. The van der Waals surface area contributed by atoms with Crippen LogP contribution in [0.3, 0.4) is 0 Å². The van der Waals surface area contributed by atoms with E-state index >= 15 is 0 Å². The third kappa shape index (κ3) is 3.59. The summed E-state index contributed by atoms with van der Waals surface area (Å²) < 4.78 is 5.94. The minimum Gasteiger partial charge on any atom is -0.411 e. The van der Waals surface area contributed by atoms with Gasteiger partial charge in [-0.05, 0) is 87.3 Å². The number of nitrogens with zero attached hydrogens (tertiary/aromatic N) is 1. The van der Waals surface area contributed by atoms with E-state index in [1.54, 1.807) is 0 Å². The third-order valence-corrected chi connectivity index (χ3v) is 9.32. The van der Waals surface area contributed by atoms with Crippen LogP contribution in [-0.4, -0.2) is 40.6 Å². The zero-order valence-electron chi connectivity index (χ0n) is 20.6. The van der Waals surface area contributed by atoms with E-state index in [1.807, 2.05) is 38.1 Å². The zero-order valence-corrected chi connectivity index (χ0v) is 20.6. The number of benzene rings is 1. The molecule has 2 N–H and O–H groups in total. The molecule has 4 aliphatic rings. The summed E-state index contributed by atoms with van der Waals surface area (Å²) in [6, 6.07) is 7.72. The van der Waals surface area contributed by atoms with E-state index in [2.05, 4.69) is 12.1 Å². The van der Waals surface area contributed by atoms with Crippen molar-refractivity contribution in [3.63, 3.8) is 0 Å². The Hall–Kier alpha value is -2.24. The molecule has 0 heterocycles. The average molecular weight is 464 g/mol. The highest BCUT2D eigenvalue weighted by Crippen LogP contribution is 2.64. The quantitative estimate of drug-likeness (QED) is 0.334. The molecule has 2 saturated carbocycles. The van der Waals surface area contributed by atoms with Crippen LogP contribution in [0.2, 0.25) is 0 Å². The van der Waals surface area contributed by atoms with Crippen LogP contribution in [0.25, 0.3) is 5.57 Å². The molecule has 5 nitrogen and oxygen atoms in total. The number of rotatable bonds is 5. The van der Waals surface area contributed by atoms with Gasteiger partial charge >= 0.3 is 0 Å². The number of hydrogen-bond donors (Lipinski definition) is 2. The van der Waals surface area contributed by atoms with Crippen LogP contribution in [0.1, 0.15) is 83.3 Å². The first kappa shape index (κ1) is 23.5. The summed E-state index contributed by atoms with van der Waals surface area (Å²) in [6.45, 7) is 6.77. The minimum absolute atomic E-state index is 0.118. The molecular weight excluding hydrogens is 426 g/mol. The van der Waals surface area contributed by atoms with Crippen molar-refractivity contribution in [2.45, 2.75) is 83.8 Å². The van der Waals surface area contributed by atoms with Crippen molar-refractivity contribution in [3.05, 3.63) is 52.1 Å². The fraction of sp³-hybridized carbons (Fsp3) is 0.586. The van der Waals surface area contributed by atoms with Crippen molar-refractivity contribution in [2.75, 3.05) is 6.61 Å². The molecule has 2 fully saturated rings.